The van der Waals surface area contributed by atoms with Crippen LogP contribution in [0.15, 0.2) is 14.1 Å². The van der Waals surface area contributed by atoms with E-state index >= 15 is 0 Å². The maximum atomic E-state index is 5.95. The molecular weight excluding hydrogens is 307 g/mol. The van der Waals surface area contributed by atoms with Crippen LogP contribution in [0.5, 0.6) is 0 Å². The predicted molar refractivity (Wildman–Crippen MR) is 74.0 cm³/mol. The Hall–Kier alpha value is 0.290. The Morgan fingerprint density at radius 3 is 2.36 bits per heavy atom. The van der Waals surface area contributed by atoms with Crippen LogP contribution in [-0.4, -0.2) is 17.0 Å². The van der Waals surface area contributed by atoms with E-state index in [1.54, 1.807) is 0 Å². The Kier molecular flexibility index (Phi) is 3.91. The first-order valence-electron chi connectivity index (χ1n) is 4.67. The average Bonchev–Trinajstić information content (AvgIpc) is 2.75. The summed E-state index contributed by atoms with van der Waals surface area (Å²) >= 11 is 4.07. The van der Waals surface area contributed by atoms with Crippen molar-refractivity contribution in [1.82, 2.24) is 0 Å². The average molecular weight is 324 g/mol. The number of hydrogen-bond acceptors (Lipinski definition) is 2. The first-order chi connectivity index (χ1) is 6.43. The van der Waals surface area contributed by atoms with Crippen LogP contribution >= 0.6 is 34.4 Å². The summed E-state index contributed by atoms with van der Waals surface area (Å²) in [6, 6.07) is 0. The van der Waals surface area contributed by atoms with Crippen molar-refractivity contribution in [3.63, 3.8) is 0 Å². The largest absolute Gasteiger partial charge is 0.383 e. The number of amidine groups is 1. The molecule has 1 saturated carbocycles. The lowest BCUT2D eigenvalue weighted by Gasteiger charge is -2.10. The van der Waals surface area contributed by atoms with Crippen molar-refractivity contribution in [3.05, 3.63) is 9.15 Å². The summed E-state index contributed by atoms with van der Waals surface area (Å²) in [5.74, 6) is 1.36. The summed E-state index contributed by atoms with van der Waals surface area (Å²) in [4.78, 5) is 4.71. The molecule has 0 spiro atoms. The molecule has 0 radical (unpaired) electrons. The molecule has 80 valence electrons. The van der Waals surface area contributed by atoms with Crippen LogP contribution in [0.2, 0.25) is 0 Å². The standard InChI is InChI=1S/C10H17IN2S/c1-6(2)8(11)9(12)13-10(14-4)5-7(10)3/h7H,5H2,1-4H3,(H2,12,13). The molecule has 0 amide bonds. The zero-order chi connectivity index (χ0) is 10.9. The highest BCUT2D eigenvalue weighted by atomic mass is 127. The zero-order valence-electron chi connectivity index (χ0n) is 9.10. The van der Waals surface area contributed by atoms with Crippen molar-refractivity contribution in [2.45, 2.75) is 32.1 Å². The van der Waals surface area contributed by atoms with Gasteiger partial charge in [0.25, 0.3) is 0 Å². The van der Waals surface area contributed by atoms with E-state index in [1.807, 2.05) is 11.8 Å². The number of nitrogens with two attached hydrogens (primary N) is 1. The van der Waals surface area contributed by atoms with Gasteiger partial charge in [-0.25, -0.2) is 4.99 Å². The number of rotatable bonds is 3. The number of aliphatic imine (C=N–C) groups is 1. The van der Waals surface area contributed by atoms with Gasteiger partial charge in [-0.15, -0.1) is 11.8 Å². The molecule has 1 fully saturated rings. The fourth-order valence-corrected chi connectivity index (χ4v) is 2.50. The summed E-state index contributed by atoms with van der Waals surface area (Å²) in [5, 5.41) is 0. The van der Waals surface area contributed by atoms with Crippen molar-refractivity contribution in [2.24, 2.45) is 16.6 Å². The maximum absolute atomic E-state index is 5.95. The highest BCUT2D eigenvalue weighted by Gasteiger charge is 2.51. The molecule has 4 heteroatoms. The van der Waals surface area contributed by atoms with Crippen LogP contribution in [-0.2, 0) is 0 Å². The van der Waals surface area contributed by atoms with Crippen molar-refractivity contribution in [2.75, 3.05) is 6.26 Å². The van der Waals surface area contributed by atoms with Gasteiger partial charge in [-0.3, -0.25) is 0 Å². The molecule has 1 aliphatic carbocycles. The lowest BCUT2D eigenvalue weighted by Crippen LogP contribution is -2.17. The Morgan fingerprint density at radius 1 is 1.57 bits per heavy atom. The van der Waals surface area contributed by atoms with E-state index in [-0.39, 0.29) is 4.87 Å². The zero-order valence-corrected chi connectivity index (χ0v) is 12.1. The van der Waals surface area contributed by atoms with Crippen LogP contribution in [0.3, 0.4) is 0 Å². The molecular formula is C10H17IN2S. The van der Waals surface area contributed by atoms with Crippen molar-refractivity contribution < 1.29 is 0 Å². The van der Waals surface area contributed by atoms with Crippen LogP contribution in [0.1, 0.15) is 27.2 Å². The monoisotopic (exact) mass is 324 g/mol. The van der Waals surface area contributed by atoms with Gasteiger partial charge in [0.2, 0.25) is 0 Å². The minimum absolute atomic E-state index is 0.0793. The first kappa shape index (κ1) is 12.4. The fourth-order valence-electron chi connectivity index (χ4n) is 1.37. The van der Waals surface area contributed by atoms with Crippen molar-refractivity contribution in [1.29, 1.82) is 0 Å². The van der Waals surface area contributed by atoms with Gasteiger partial charge < -0.3 is 5.73 Å². The topological polar surface area (TPSA) is 38.4 Å². The van der Waals surface area contributed by atoms with Gasteiger partial charge >= 0.3 is 0 Å². The Balaban J connectivity index is 2.84. The third-order valence-electron chi connectivity index (χ3n) is 2.54. The molecule has 0 aromatic rings. The molecule has 0 aromatic carbocycles. The highest BCUT2D eigenvalue weighted by Crippen LogP contribution is 2.54. The van der Waals surface area contributed by atoms with E-state index in [0.717, 1.165) is 10.0 Å². The summed E-state index contributed by atoms with van der Waals surface area (Å²) in [6.07, 6.45) is 3.26. The van der Waals surface area contributed by atoms with Crippen LogP contribution in [0.4, 0.5) is 0 Å². The molecule has 2 N–H and O–H groups in total. The molecule has 2 unspecified atom stereocenters. The molecule has 2 nitrogen and oxygen atoms in total. The van der Waals surface area contributed by atoms with Crippen molar-refractivity contribution in [3.8, 4) is 0 Å². The molecule has 0 saturated heterocycles. The molecule has 2 atom stereocenters. The second-order valence-electron chi connectivity index (χ2n) is 3.97. The molecule has 0 aromatic heterocycles. The van der Waals surface area contributed by atoms with E-state index in [0.29, 0.717) is 11.8 Å². The van der Waals surface area contributed by atoms with Crippen LogP contribution in [0.25, 0.3) is 0 Å². The second-order valence-corrected chi connectivity index (χ2v) is 6.16. The fraction of sp³-hybridized carbons (Fsp3) is 0.700. The number of nitrogens with zero attached hydrogens (tertiary/aromatic N) is 1. The summed E-state index contributed by atoms with van der Waals surface area (Å²) in [5.41, 5.74) is 7.19. The minimum Gasteiger partial charge on any atom is -0.383 e. The van der Waals surface area contributed by atoms with Gasteiger partial charge in [0, 0.05) is 0 Å². The quantitative estimate of drug-likeness (QED) is 0.492. The van der Waals surface area contributed by atoms with Gasteiger partial charge in [-0.1, -0.05) is 12.5 Å². The molecule has 14 heavy (non-hydrogen) atoms. The number of thioether (sulfide) groups is 1. The van der Waals surface area contributed by atoms with Crippen LogP contribution < -0.4 is 5.73 Å². The molecule has 0 heterocycles. The van der Waals surface area contributed by atoms with Gasteiger partial charge in [-0.05, 0) is 55.0 Å². The van der Waals surface area contributed by atoms with E-state index in [9.17, 15) is 0 Å². The minimum atomic E-state index is 0.0793. The summed E-state index contributed by atoms with van der Waals surface area (Å²) in [7, 11) is 0. The SMILES string of the molecule is CSC1(/N=C(/N)C(I)=C(C)C)CC1C. The molecule has 1 rings (SSSR count). The highest BCUT2D eigenvalue weighted by molar-refractivity contribution is 14.1. The summed E-state index contributed by atoms with van der Waals surface area (Å²) < 4.78 is 1.09. The van der Waals surface area contributed by atoms with Crippen LogP contribution in [0, 0.1) is 5.92 Å². The van der Waals surface area contributed by atoms with Gasteiger partial charge in [0.15, 0.2) is 0 Å². The Labute approximate surface area is 104 Å². The number of hydrogen-bond donors (Lipinski definition) is 1. The van der Waals surface area contributed by atoms with Gasteiger partial charge in [-0.2, -0.15) is 0 Å². The van der Waals surface area contributed by atoms with Crippen molar-refractivity contribution >= 4 is 40.2 Å². The van der Waals surface area contributed by atoms with E-state index in [1.165, 1.54) is 5.57 Å². The Bertz CT molecular complexity index is 290. The van der Waals surface area contributed by atoms with Gasteiger partial charge in [0.1, 0.15) is 10.7 Å². The molecule has 0 bridgehead atoms. The van der Waals surface area contributed by atoms with E-state index in [4.69, 9.17) is 5.73 Å². The normalized spacial score (nSPS) is 31.5. The third kappa shape index (κ3) is 2.45. The summed E-state index contributed by atoms with van der Waals surface area (Å²) in [6.45, 7) is 6.35. The number of halogens is 1. The van der Waals surface area contributed by atoms with Gasteiger partial charge in [0.05, 0.1) is 3.58 Å². The number of allylic oxidation sites excluding steroid dienone is 1. The lowest BCUT2D eigenvalue weighted by molar-refractivity contribution is 0.847. The molecule has 1 aliphatic rings. The Morgan fingerprint density at radius 2 is 2.07 bits per heavy atom. The molecule has 0 aliphatic heterocycles. The lowest BCUT2D eigenvalue weighted by atomic mass is 10.3. The second kappa shape index (κ2) is 4.43. The van der Waals surface area contributed by atoms with E-state index < -0.39 is 0 Å². The maximum Gasteiger partial charge on any atom is 0.133 e. The smallest absolute Gasteiger partial charge is 0.133 e. The van der Waals surface area contributed by atoms with E-state index in [2.05, 4.69) is 54.6 Å². The predicted octanol–water partition coefficient (Wildman–Crippen LogP) is 3.17. The third-order valence-corrected chi connectivity index (χ3v) is 5.53. The first-order valence-corrected chi connectivity index (χ1v) is 6.97.